The van der Waals surface area contributed by atoms with Crippen LogP contribution in [0.4, 0.5) is 11.4 Å². The summed E-state index contributed by atoms with van der Waals surface area (Å²) in [5, 5.41) is 3.35. The molecule has 3 rings (SSSR count). The van der Waals surface area contributed by atoms with E-state index in [9.17, 15) is 0 Å². The molecule has 0 saturated carbocycles. The normalized spacial score (nSPS) is 16.8. The fourth-order valence-corrected chi connectivity index (χ4v) is 2.66. The van der Waals surface area contributed by atoms with Crippen molar-refractivity contribution in [3.05, 3.63) is 52.5 Å². The van der Waals surface area contributed by atoms with Crippen molar-refractivity contribution in [3.8, 4) is 5.75 Å². The number of ether oxygens (including phenoxy) is 1. The van der Waals surface area contributed by atoms with E-state index in [2.05, 4.69) is 27.3 Å². The van der Waals surface area contributed by atoms with Crippen molar-refractivity contribution in [1.29, 1.82) is 0 Å². The number of benzene rings is 2. The van der Waals surface area contributed by atoms with Crippen molar-refractivity contribution >= 4 is 27.3 Å². The highest BCUT2D eigenvalue weighted by Gasteiger charge is 2.21. The minimum Gasteiger partial charge on any atom is -0.488 e. The molecule has 0 aromatic heterocycles. The Bertz CT molecular complexity index is 575. The summed E-state index contributed by atoms with van der Waals surface area (Å²) in [7, 11) is 0. The molecule has 0 saturated heterocycles. The third-order valence-electron chi connectivity index (χ3n) is 3.25. The molecule has 0 radical (unpaired) electrons. The van der Waals surface area contributed by atoms with Crippen LogP contribution in [0.25, 0.3) is 0 Å². The molecule has 3 nitrogen and oxygen atoms in total. The molecule has 98 valence electrons. The van der Waals surface area contributed by atoms with E-state index in [0.717, 1.165) is 34.6 Å². The summed E-state index contributed by atoms with van der Waals surface area (Å²) in [6.45, 7) is 0.751. The molecule has 1 heterocycles. The Balaban J connectivity index is 1.63. The van der Waals surface area contributed by atoms with E-state index in [4.69, 9.17) is 10.5 Å². The SMILES string of the molecule is Nc1cc(Br)ccc1NCC1Cc2ccccc2O1. The Kier molecular flexibility index (Phi) is 3.34. The van der Waals surface area contributed by atoms with Gasteiger partial charge < -0.3 is 15.8 Å². The fourth-order valence-electron chi connectivity index (χ4n) is 2.29. The summed E-state index contributed by atoms with van der Waals surface area (Å²) in [6.07, 6.45) is 1.11. The molecule has 1 aliphatic rings. The Morgan fingerprint density at radius 3 is 2.89 bits per heavy atom. The quantitative estimate of drug-likeness (QED) is 0.852. The number of nitrogen functional groups attached to an aromatic ring is 1. The molecule has 0 aliphatic carbocycles. The Morgan fingerprint density at radius 2 is 2.11 bits per heavy atom. The first-order chi connectivity index (χ1) is 9.22. The second-order valence-corrected chi connectivity index (χ2v) is 5.58. The Labute approximate surface area is 120 Å². The second-order valence-electron chi connectivity index (χ2n) is 4.66. The number of anilines is 2. The van der Waals surface area contributed by atoms with E-state index in [-0.39, 0.29) is 6.10 Å². The molecule has 4 heteroatoms. The monoisotopic (exact) mass is 318 g/mol. The molecule has 1 aliphatic heterocycles. The van der Waals surface area contributed by atoms with E-state index in [0.29, 0.717) is 0 Å². The third kappa shape index (κ3) is 2.68. The molecule has 1 atom stereocenters. The van der Waals surface area contributed by atoms with Crippen LogP contribution in [0, 0.1) is 0 Å². The highest BCUT2D eigenvalue weighted by molar-refractivity contribution is 9.10. The number of rotatable bonds is 3. The van der Waals surface area contributed by atoms with Crippen molar-refractivity contribution in [3.63, 3.8) is 0 Å². The van der Waals surface area contributed by atoms with Gasteiger partial charge in [0.15, 0.2) is 0 Å². The van der Waals surface area contributed by atoms with Crippen LogP contribution in [-0.2, 0) is 6.42 Å². The lowest BCUT2D eigenvalue weighted by atomic mass is 10.1. The molecule has 0 spiro atoms. The van der Waals surface area contributed by atoms with Gasteiger partial charge in [-0.2, -0.15) is 0 Å². The van der Waals surface area contributed by atoms with Crippen molar-refractivity contribution in [2.45, 2.75) is 12.5 Å². The van der Waals surface area contributed by atoms with E-state index in [1.54, 1.807) is 0 Å². The number of nitrogens with two attached hydrogens (primary N) is 1. The molecular weight excluding hydrogens is 304 g/mol. The van der Waals surface area contributed by atoms with Crippen LogP contribution in [0.3, 0.4) is 0 Å². The van der Waals surface area contributed by atoms with Gasteiger partial charge in [0.05, 0.1) is 17.9 Å². The van der Waals surface area contributed by atoms with E-state index in [1.165, 1.54) is 5.56 Å². The van der Waals surface area contributed by atoms with Crippen molar-refractivity contribution in [1.82, 2.24) is 0 Å². The van der Waals surface area contributed by atoms with Crippen LogP contribution < -0.4 is 15.8 Å². The topological polar surface area (TPSA) is 47.3 Å². The van der Waals surface area contributed by atoms with Gasteiger partial charge in [-0.1, -0.05) is 34.1 Å². The zero-order valence-electron chi connectivity index (χ0n) is 10.4. The number of halogens is 1. The maximum atomic E-state index is 5.96. The van der Waals surface area contributed by atoms with Gasteiger partial charge in [-0.3, -0.25) is 0 Å². The van der Waals surface area contributed by atoms with Gasteiger partial charge in [0.2, 0.25) is 0 Å². The summed E-state index contributed by atoms with van der Waals surface area (Å²) in [6, 6.07) is 14.0. The molecule has 0 bridgehead atoms. The first-order valence-corrected chi connectivity index (χ1v) is 7.05. The lowest BCUT2D eigenvalue weighted by Crippen LogP contribution is -2.24. The largest absolute Gasteiger partial charge is 0.488 e. The average Bonchev–Trinajstić information content (AvgIpc) is 2.80. The summed E-state index contributed by atoms with van der Waals surface area (Å²) >= 11 is 3.40. The predicted molar refractivity (Wildman–Crippen MR) is 81.6 cm³/mol. The molecule has 2 aromatic rings. The van der Waals surface area contributed by atoms with Gasteiger partial charge in [-0.15, -0.1) is 0 Å². The third-order valence-corrected chi connectivity index (χ3v) is 3.74. The standard InChI is InChI=1S/C15H15BrN2O/c16-11-5-6-14(13(17)8-11)18-9-12-7-10-3-1-2-4-15(10)19-12/h1-6,8,12,18H,7,9,17H2. The minimum atomic E-state index is 0.167. The van der Waals surface area contributed by atoms with Crippen LogP contribution in [0.2, 0.25) is 0 Å². The van der Waals surface area contributed by atoms with E-state index < -0.39 is 0 Å². The van der Waals surface area contributed by atoms with Crippen molar-refractivity contribution < 1.29 is 4.74 Å². The molecular formula is C15H15BrN2O. The Hall–Kier alpha value is -1.68. The first kappa shape index (κ1) is 12.4. The molecule has 0 amide bonds. The molecule has 2 aromatic carbocycles. The summed E-state index contributed by atoms with van der Waals surface area (Å²) in [4.78, 5) is 0. The maximum Gasteiger partial charge on any atom is 0.123 e. The zero-order valence-corrected chi connectivity index (χ0v) is 12.0. The second kappa shape index (κ2) is 5.13. The van der Waals surface area contributed by atoms with E-state index in [1.807, 2.05) is 36.4 Å². The van der Waals surface area contributed by atoms with Crippen LogP contribution in [0.1, 0.15) is 5.56 Å². The molecule has 3 N–H and O–H groups in total. The summed E-state index contributed by atoms with van der Waals surface area (Å²) < 4.78 is 6.87. The molecule has 0 fully saturated rings. The minimum absolute atomic E-state index is 0.167. The average molecular weight is 319 g/mol. The number of fused-ring (bicyclic) bond motifs is 1. The number of para-hydroxylation sites is 1. The fraction of sp³-hybridized carbons (Fsp3) is 0.200. The van der Waals surface area contributed by atoms with Gasteiger partial charge in [-0.05, 0) is 29.8 Å². The van der Waals surface area contributed by atoms with Gasteiger partial charge in [0.25, 0.3) is 0 Å². The van der Waals surface area contributed by atoms with Crippen LogP contribution >= 0.6 is 15.9 Å². The predicted octanol–water partition coefficient (Wildman–Crippen LogP) is 3.45. The number of hydrogen-bond donors (Lipinski definition) is 2. The van der Waals surface area contributed by atoms with E-state index >= 15 is 0 Å². The van der Waals surface area contributed by atoms with Crippen molar-refractivity contribution in [2.75, 3.05) is 17.6 Å². The molecule has 1 unspecified atom stereocenters. The number of nitrogens with one attached hydrogen (secondary N) is 1. The highest BCUT2D eigenvalue weighted by Crippen LogP contribution is 2.29. The Morgan fingerprint density at radius 1 is 1.26 bits per heavy atom. The lowest BCUT2D eigenvalue weighted by Gasteiger charge is -2.14. The maximum absolute atomic E-state index is 5.96. The van der Waals surface area contributed by atoms with Gasteiger partial charge in [0, 0.05) is 10.9 Å². The van der Waals surface area contributed by atoms with Crippen LogP contribution in [0.5, 0.6) is 5.75 Å². The summed E-state index contributed by atoms with van der Waals surface area (Å²) in [5.41, 5.74) is 8.92. The van der Waals surface area contributed by atoms with Gasteiger partial charge in [0.1, 0.15) is 11.9 Å². The molecule has 19 heavy (non-hydrogen) atoms. The zero-order chi connectivity index (χ0) is 13.2. The van der Waals surface area contributed by atoms with Crippen molar-refractivity contribution in [2.24, 2.45) is 0 Å². The van der Waals surface area contributed by atoms with Gasteiger partial charge >= 0.3 is 0 Å². The lowest BCUT2D eigenvalue weighted by molar-refractivity contribution is 0.246. The highest BCUT2D eigenvalue weighted by atomic mass is 79.9. The summed E-state index contributed by atoms with van der Waals surface area (Å²) in [5.74, 6) is 0.998. The first-order valence-electron chi connectivity index (χ1n) is 6.26. The number of hydrogen-bond acceptors (Lipinski definition) is 3. The smallest absolute Gasteiger partial charge is 0.123 e. The van der Waals surface area contributed by atoms with Crippen LogP contribution in [-0.4, -0.2) is 12.6 Å². The van der Waals surface area contributed by atoms with Gasteiger partial charge in [-0.25, -0.2) is 0 Å². The van der Waals surface area contributed by atoms with Crippen LogP contribution in [0.15, 0.2) is 46.9 Å².